The van der Waals surface area contributed by atoms with Crippen molar-refractivity contribution in [1.29, 1.82) is 0 Å². The van der Waals surface area contributed by atoms with Gasteiger partial charge in [0.1, 0.15) is 5.75 Å². The average molecular weight is 347 g/mol. The number of para-hydroxylation sites is 1. The molecular formula is C20H29NO4. The van der Waals surface area contributed by atoms with Crippen LogP contribution in [0.1, 0.15) is 57.6 Å². The van der Waals surface area contributed by atoms with Crippen LogP contribution in [0.2, 0.25) is 0 Å². The third-order valence-corrected chi connectivity index (χ3v) is 4.93. The molecule has 0 spiro atoms. The van der Waals surface area contributed by atoms with Crippen molar-refractivity contribution in [3.05, 3.63) is 29.8 Å². The lowest BCUT2D eigenvalue weighted by atomic mass is 9.80. The van der Waals surface area contributed by atoms with E-state index in [0.717, 1.165) is 30.6 Å². The van der Waals surface area contributed by atoms with E-state index in [4.69, 9.17) is 4.74 Å². The Labute approximate surface area is 149 Å². The molecule has 1 aromatic rings. The summed E-state index contributed by atoms with van der Waals surface area (Å²) < 4.78 is 5.45. The first-order valence-corrected chi connectivity index (χ1v) is 9.08. The molecule has 1 amide bonds. The number of rotatable bonds is 7. The van der Waals surface area contributed by atoms with Gasteiger partial charge in [0.05, 0.1) is 19.1 Å². The molecule has 3 atom stereocenters. The largest absolute Gasteiger partial charge is 0.496 e. The van der Waals surface area contributed by atoms with Crippen molar-refractivity contribution < 1.29 is 19.4 Å². The Morgan fingerprint density at radius 1 is 1.24 bits per heavy atom. The molecule has 0 heterocycles. The SMILES string of the molecule is COc1ccccc1C(CC(C)C)NC(=O)C1CCCC(C(=O)O)C1. The Hall–Kier alpha value is -2.04. The van der Waals surface area contributed by atoms with Crippen LogP contribution in [0.3, 0.4) is 0 Å². The van der Waals surface area contributed by atoms with Crippen LogP contribution in [0.15, 0.2) is 24.3 Å². The molecule has 3 unspecified atom stereocenters. The molecule has 5 nitrogen and oxygen atoms in total. The zero-order valence-corrected chi connectivity index (χ0v) is 15.3. The summed E-state index contributed by atoms with van der Waals surface area (Å²) in [5.41, 5.74) is 0.970. The number of carboxylic acids is 1. The molecule has 2 N–H and O–H groups in total. The van der Waals surface area contributed by atoms with Gasteiger partial charge >= 0.3 is 5.97 Å². The number of benzene rings is 1. The standard InChI is InChI=1S/C20H29NO4/c1-13(2)11-17(16-9-4-5-10-18(16)25-3)21-19(22)14-7-6-8-15(12-14)20(23)24/h4-5,9-10,13-15,17H,6-8,11-12H2,1-3H3,(H,21,22)(H,23,24). The zero-order valence-electron chi connectivity index (χ0n) is 15.3. The van der Waals surface area contributed by atoms with Gasteiger partial charge in [-0.1, -0.05) is 38.5 Å². The monoisotopic (exact) mass is 347 g/mol. The van der Waals surface area contributed by atoms with E-state index in [1.54, 1.807) is 7.11 Å². The van der Waals surface area contributed by atoms with E-state index in [0.29, 0.717) is 18.8 Å². The van der Waals surface area contributed by atoms with Gasteiger partial charge in [-0.25, -0.2) is 0 Å². The number of nitrogens with one attached hydrogen (secondary N) is 1. The molecule has 2 rings (SSSR count). The maximum atomic E-state index is 12.8. The summed E-state index contributed by atoms with van der Waals surface area (Å²) in [7, 11) is 1.63. The molecule has 1 aliphatic rings. The van der Waals surface area contributed by atoms with E-state index in [1.807, 2.05) is 24.3 Å². The van der Waals surface area contributed by atoms with Crippen molar-refractivity contribution in [3.8, 4) is 5.75 Å². The van der Waals surface area contributed by atoms with Crippen molar-refractivity contribution >= 4 is 11.9 Å². The van der Waals surface area contributed by atoms with Crippen LogP contribution in [0.25, 0.3) is 0 Å². The van der Waals surface area contributed by atoms with Crippen LogP contribution >= 0.6 is 0 Å². The zero-order chi connectivity index (χ0) is 18.4. The average Bonchev–Trinajstić information content (AvgIpc) is 2.60. The predicted molar refractivity (Wildman–Crippen MR) is 96.4 cm³/mol. The highest BCUT2D eigenvalue weighted by molar-refractivity contribution is 5.80. The number of methoxy groups -OCH3 is 1. The Bertz CT molecular complexity index is 599. The smallest absolute Gasteiger partial charge is 0.306 e. The van der Waals surface area contributed by atoms with Gasteiger partial charge in [0.25, 0.3) is 0 Å². The van der Waals surface area contributed by atoms with Gasteiger partial charge in [-0.05, 0) is 37.7 Å². The summed E-state index contributed by atoms with van der Waals surface area (Å²) in [6.07, 6.45) is 3.46. The molecule has 0 bridgehead atoms. The Morgan fingerprint density at radius 2 is 1.92 bits per heavy atom. The maximum Gasteiger partial charge on any atom is 0.306 e. The molecule has 1 aromatic carbocycles. The Kier molecular flexibility index (Phi) is 6.85. The number of hydrogen-bond donors (Lipinski definition) is 2. The molecular weight excluding hydrogens is 318 g/mol. The topological polar surface area (TPSA) is 75.6 Å². The van der Waals surface area contributed by atoms with Crippen molar-refractivity contribution in [1.82, 2.24) is 5.32 Å². The summed E-state index contributed by atoms with van der Waals surface area (Å²) >= 11 is 0. The van der Waals surface area contributed by atoms with Crippen LogP contribution in [0, 0.1) is 17.8 Å². The molecule has 138 valence electrons. The van der Waals surface area contributed by atoms with Gasteiger partial charge in [0.2, 0.25) is 5.91 Å². The highest BCUT2D eigenvalue weighted by atomic mass is 16.5. The quantitative estimate of drug-likeness (QED) is 0.787. The normalized spacial score (nSPS) is 21.6. The summed E-state index contributed by atoms with van der Waals surface area (Å²) in [5.74, 6) is -0.282. The highest BCUT2D eigenvalue weighted by Gasteiger charge is 2.32. The van der Waals surface area contributed by atoms with E-state index < -0.39 is 11.9 Å². The number of aliphatic carboxylic acids is 1. The van der Waals surface area contributed by atoms with Crippen LogP contribution in [-0.2, 0) is 9.59 Å². The van der Waals surface area contributed by atoms with Crippen LogP contribution in [-0.4, -0.2) is 24.1 Å². The summed E-state index contributed by atoms with van der Waals surface area (Å²) in [6, 6.07) is 7.60. The number of carbonyl (C=O) groups excluding carboxylic acids is 1. The van der Waals surface area contributed by atoms with Gasteiger partial charge in [-0.2, -0.15) is 0 Å². The maximum absolute atomic E-state index is 12.8. The first-order chi connectivity index (χ1) is 11.9. The van der Waals surface area contributed by atoms with Crippen LogP contribution in [0.4, 0.5) is 0 Å². The Balaban J connectivity index is 2.13. The fourth-order valence-corrected chi connectivity index (χ4v) is 3.63. The van der Waals surface area contributed by atoms with Crippen molar-refractivity contribution in [2.75, 3.05) is 7.11 Å². The van der Waals surface area contributed by atoms with E-state index in [9.17, 15) is 14.7 Å². The number of ether oxygens (including phenoxy) is 1. The Morgan fingerprint density at radius 3 is 2.56 bits per heavy atom. The lowest BCUT2D eigenvalue weighted by molar-refractivity contribution is -0.144. The number of carbonyl (C=O) groups is 2. The second-order valence-corrected chi connectivity index (χ2v) is 7.33. The molecule has 5 heteroatoms. The molecule has 1 aliphatic carbocycles. The minimum absolute atomic E-state index is 0.0393. The van der Waals surface area contributed by atoms with Gasteiger partial charge in [0.15, 0.2) is 0 Å². The van der Waals surface area contributed by atoms with E-state index in [2.05, 4.69) is 19.2 Å². The molecule has 0 aromatic heterocycles. The molecule has 0 aliphatic heterocycles. The second kappa shape index (κ2) is 8.88. The number of carboxylic acid groups (broad SMARTS) is 1. The van der Waals surface area contributed by atoms with Gasteiger partial charge in [-0.15, -0.1) is 0 Å². The van der Waals surface area contributed by atoms with E-state index in [-0.39, 0.29) is 17.9 Å². The molecule has 25 heavy (non-hydrogen) atoms. The highest BCUT2D eigenvalue weighted by Crippen LogP contribution is 2.32. The lowest BCUT2D eigenvalue weighted by Gasteiger charge is -2.29. The number of hydrogen-bond acceptors (Lipinski definition) is 3. The van der Waals surface area contributed by atoms with Crippen LogP contribution < -0.4 is 10.1 Å². The van der Waals surface area contributed by atoms with Crippen molar-refractivity contribution in [3.63, 3.8) is 0 Å². The fourth-order valence-electron chi connectivity index (χ4n) is 3.63. The predicted octanol–water partition coefficient (Wildman–Crippen LogP) is 3.79. The van der Waals surface area contributed by atoms with Crippen molar-refractivity contribution in [2.45, 2.75) is 52.0 Å². The second-order valence-electron chi connectivity index (χ2n) is 7.33. The first kappa shape index (κ1) is 19.3. The lowest BCUT2D eigenvalue weighted by Crippen LogP contribution is -2.38. The van der Waals surface area contributed by atoms with E-state index in [1.165, 1.54) is 0 Å². The van der Waals surface area contributed by atoms with Crippen LogP contribution in [0.5, 0.6) is 5.75 Å². The third-order valence-electron chi connectivity index (χ3n) is 4.93. The van der Waals surface area contributed by atoms with Crippen molar-refractivity contribution in [2.24, 2.45) is 17.8 Å². The minimum atomic E-state index is -0.791. The summed E-state index contributed by atoms with van der Waals surface area (Å²) in [6.45, 7) is 4.24. The molecule has 0 saturated heterocycles. The third kappa shape index (κ3) is 5.21. The molecule has 1 fully saturated rings. The van der Waals surface area contributed by atoms with Gasteiger partial charge in [0, 0.05) is 11.5 Å². The van der Waals surface area contributed by atoms with Gasteiger partial charge < -0.3 is 15.2 Å². The number of amides is 1. The molecule has 0 radical (unpaired) electrons. The minimum Gasteiger partial charge on any atom is -0.496 e. The molecule has 1 saturated carbocycles. The first-order valence-electron chi connectivity index (χ1n) is 9.08. The fraction of sp³-hybridized carbons (Fsp3) is 0.600. The summed E-state index contributed by atoms with van der Waals surface area (Å²) in [4.78, 5) is 24.0. The van der Waals surface area contributed by atoms with E-state index >= 15 is 0 Å². The summed E-state index contributed by atoms with van der Waals surface area (Å²) in [5, 5.41) is 12.4. The van der Waals surface area contributed by atoms with Gasteiger partial charge in [-0.3, -0.25) is 9.59 Å².